The molecule has 0 aliphatic heterocycles. The quantitative estimate of drug-likeness (QED) is 0.592. The number of rotatable bonds is 5. The molecule has 2 N–H and O–H groups in total. The third kappa shape index (κ3) is 3.20. The fraction of sp³-hybridized carbons (Fsp3) is 0.455. The third-order valence-corrected chi connectivity index (χ3v) is 2.36. The lowest BCUT2D eigenvalue weighted by Crippen LogP contribution is -2.14. The SMILES string of the molecule is Cc1cc(NCC(C)CO)ccc1[N+](=O)[O-]. The zero-order valence-corrected chi connectivity index (χ0v) is 9.43. The van der Waals surface area contributed by atoms with Crippen molar-refractivity contribution in [1.82, 2.24) is 0 Å². The van der Waals surface area contributed by atoms with Crippen LogP contribution in [0.1, 0.15) is 12.5 Å². The number of nitrogens with zero attached hydrogens (tertiary/aromatic N) is 1. The second-order valence-electron chi connectivity index (χ2n) is 3.93. The van der Waals surface area contributed by atoms with Crippen LogP contribution in [0.25, 0.3) is 0 Å². The lowest BCUT2D eigenvalue weighted by Gasteiger charge is -2.11. The number of nitrogens with one attached hydrogen (secondary N) is 1. The molecule has 1 aromatic carbocycles. The summed E-state index contributed by atoms with van der Waals surface area (Å²) in [5.41, 5.74) is 1.59. The molecule has 0 radical (unpaired) electrons. The van der Waals surface area contributed by atoms with Gasteiger partial charge in [0.25, 0.3) is 5.69 Å². The van der Waals surface area contributed by atoms with Crippen LogP contribution in [0, 0.1) is 23.0 Å². The van der Waals surface area contributed by atoms with Crippen LogP contribution >= 0.6 is 0 Å². The van der Waals surface area contributed by atoms with Crippen LogP contribution in [0.2, 0.25) is 0 Å². The van der Waals surface area contributed by atoms with Gasteiger partial charge in [-0.2, -0.15) is 0 Å². The van der Waals surface area contributed by atoms with Gasteiger partial charge in [-0.25, -0.2) is 0 Å². The van der Waals surface area contributed by atoms with Crippen LogP contribution in [-0.4, -0.2) is 23.2 Å². The van der Waals surface area contributed by atoms with Gasteiger partial charge in [-0.3, -0.25) is 10.1 Å². The Morgan fingerprint density at radius 1 is 1.56 bits per heavy atom. The highest BCUT2D eigenvalue weighted by Crippen LogP contribution is 2.21. The van der Waals surface area contributed by atoms with Gasteiger partial charge in [0, 0.05) is 30.5 Å². The van der Waals surface area contributed by atoms with Crippen LogP contribution in [0.15, 0.2) is 18.2 Å². The minimum Gasteiger partial charge on any atom is -0.396 e. The van der Waals surface area contributed by atoms with E-state index in [2.05, 4.69) is 5.32 Å². The number of hydrogen-bond acceptors (Lipinski definition) is 4. The molecular formula is C11H16N2O3. The van der Waals surface area contributed by atoms with E-state index in [1.54, 1.807) is 19.1 Å². The zero-order valence-electron chi connectivity index (χ0n) is 9.43. The molecule has 0 aliphatic rings. The first kappa shape index (κ1) is 12.4. The van der Waals surface area contributed by atoms with E-state index >= 15 is 0 Å². The fourth-order valence-electron chi connectivity index (χ4n) is 1.33. The molecule has 0 aromatic heterocycles. The fourth-order valence-corrected chi connectivity index (χ4v) is 1.33. The van der Waals surface area contributed by atoms with Gasteiger partial charge in [0.15, 0.2) is 0 Å². The number of nitro groups is 1. The van der Waals surface area contributed by atoms with Crippen LogP contribution in [0.4, 0.5) is 11.4 Å². The predicted molar refractivity (Wildman–Crippen MR) is 62.6 cm³/mol. The lowest BCUT2D eigenvalue weighted by atomic mass is 10.1. The Morgan fingerprint density at radius 3 is 2.75 bits per heavy atom. The van der Waals surface area contributed by atoms with E-state index in [-0.39, 0.29) is 18.2 Å². The second kappa shape index (κ2) is 5.46. The van der Waals surface area contributed by atoms with Crippen molar-refractivity contribution in [3.8, 4) is 0 Å². The standard InChI is InChI=1S/C11H16N2O3/c1-8(7-14)6-12-10-3-4-11(13(15)16)9(2)5-10/h3-5,8,12,14H,6-7H2,1-2H3. The van der Waals surface area contributed by atoms with E-state index in [1.165, 1.54) is 6.07 Å². The van der Waals surface area contributed by atoms with Crippen molar-refractivity contribution >= 4 is 11.4 Å². The van der Waals surface area contributed by atoms with Crippen LogP contribution in [0.3, 0.4) is 0 Å². The molecule has 0 fully saturated rings. The Hall–Kier alpha value is -1.62. The maximum Gasteiger partial charge on any atom is 0.272 e. The van der Waals surface area contributed by atoms with Gasteiger partial charge in [0.2, 0.25) is 0 Å². The number of aryl methyl sites for hydroxylation is 1. The van der Waals surface area contributed by atoms with Crippen molar-refractivity contribution in [2.24, 2.45) is 5.92 Å². The maximum atomic E-state index is 10.6. The molecule has 0 aliphatic carbocycles. The van der Waals surface area contributed by atoms with Gasteiger partial charge in [-0.05, 0) is 25.0 Å². The summed E-state index contributed by atoms with van der Waals surface area (Å²) in [6, 6.07) is 4.90. The summed E-state index contributed by atoms with van der Waals surface area (Å²) in [6.07, 6.45) is 0. The normalized spacial score (nSPS) is 12.2. The number of anilines is 1. The largest absolute Gasteiger partial charge is 0.396 e. The molecule has 5 nitrogen and oxygen atoms in total. The second-order valence-corrected chi connectivity index (χ2v) is 3.93. The van der Waals surface area contributed by atoms with Gasteiger partial charge in [0.1, 0.15) is 0 Å². The third-order valence-electron chi connectivity index (χ3n) is 2.36. The molecule has 0 saturated carbocycles. The molecule has 0 amide bonds. The van der Waals surface area contributed by atoms with Crippen LogP contribution in [-0.2, 0) is 0 Å². The van der Waals surface area contributed by atoms with Gasteiger partial charge in [-0.1, -0.05) is 6.92 Å². The first-order chi connectivity index (χ1) is 7.54. The van der Waals surface area contributed by atoms with Crippen molar-refractivity contribution in [3.05, 3.63) is 33.9 Å². The van der Waals surface area contributed by atoms with Crippen molar-refractivity contribution in [2.75, 3.05) is 18.5 Å². The van der Waals surface area contributed by atoms with Crippen molar-refractivity contribution in [2.45, 2.75) is 13.8 Å². The Balaban J connectivity index is 2.70. The van der Waals surface area contributed by atoms with Gasteiger partial charge < -0.3 is 10.4 Å². The number of aliphatic hydroxyl groups excluding tert-OH is 1. The first-order valence-electron chi connectivity index (χ1n) is 5.14. The molecule has 1 unspecified atom stereocenters. The Kier molecular flexibility index (Phi) is 4.25. The van der Waals surface area contributed by atoms with Crippen molar-refractivity contribution < 1.29 is 10.0 Å². The topological polar surface area (TPSA) is 75.4 Å². The predicted octanol–water partition coefficient (Wildman–Crippen LogP) is 1.94. The van der Waals surface area contributed by atoms with Crippen LogP contribution < -0.4 is 5.32 Å². The molecule has 0 spiro atoms. The molecule has 0 heterocycles. The monoisotopic (exact) mass is 224 g/mol. The summed E-state index contributed by atoms with van der Waals surface area (Å²) in [5, 5.41) is 22.6. The van der Waals surface area contributed by atoms with Gasteiger partial charge in [0.05, 0.1) is 4.92 Å². The number of aliphatic hydroxyl groups is 1. The molecule has 1 aromatic rings. The number of hydrogen-bond donors (Lipinski definition) is 2. The van der Waals surface area contributed by atoms with Crippen molar-refractivity contribution in [1.29, 1.82) is 0 Å². The van der Waals surface area contributed by atoms with E-state index in [9.17, 15) is 10.1 Å². The Labute approximate surface area is 94.3 Å². The molecule has 5 heteroatoms. The number of benzene rings is 1. The van der Waals surface area contributed by atoms with E-state index < -0.39 is 4.92 Å². The highest BCUT2D eigenvalue weighted by molar-refractivity contribution is 5.53. The van der Waals surface area contributed by atoms with E-state index in [0.717, 1.165) is 5.69 Å². The Morgan fingerprint density at radius 2 is 2.25 bits per heavy atom. The molecule has 1 rings (SSSR count). The summed E-state index contributed by atoms with van der Waals surface area (Å²) >= 11 is 0. The van der Waals surface area contributed by atoms with Gasteiger partial charge >= 0.3 is 0 Å². The summed E-state index contributed by atoms with van der Waals surface area (Å²) in [5.74, 6) is 0.162. The Bertz CT molecular complexity index is 379. The lowest BCUT2D eigenvalue weighted by molar-refractivity contribution is -0.385. The molecule has 1 atom stereocenters. The highest BCUT2D eigenvalue weighted by Gasteiger charge is 2.10. The summed E-state index contributed by atoms with van der Waals surface area (Å²) in [4.78, 5) is 10.2. The molecule has 16 heavy (non-hydrogen) atoms. The molecular weight excluding hydrogens is 208 g/mol. The minimum atomic E-state index is -0.393. The maximum absolute atomic E-state index is 10.6. The smallest absolute Gasteiger partial charge is 0.272 e. The van der Waals surface area contributed by atoms with E-state index in [0.29, 0.717) is 12.1 Å². The van der Waals surface area contributed by atoms with Crippen LogP contribution in [0.5, 0.6) is 0 Å². The number of nitro benzene ring substituents is 1. The summed E-state index contributed by atoms with van der Waals surface area (Å²) in [7, 11) is 0. The first-order valence-corrected chi connectivity index (χ1v) is 5.14. The van der Waals surface area contributed by atoms with E-state index in [1.807, 2.05) is 6.92 Å². The summed E-state index contributed by atoms with van der Waals surface area (Å²) < 4.78 is 0. The average Bonchev–Trinajstić information content (AvgIpc) is 2.25. The molecule has 88 valence electrons. The minimum absolute atomic E-state index is 0.124. The van der Waals surface area contributed by atoms with Crippen molar-refractivity contribution in [3.63, 3.8) is 0 Å². The highest BCUT2D eigenvalue weighted by atomic mass is 16.6. The summed E-state index contributed by atoms with van der Waals surface area (Å²) in [6.45, 7) is 4.40. The molecule has 0 saturated heterocycles. The molecule has 0 bridgehead atoms. The van der Waals surface area contributed by atoms with Gasteiger partial charge in [-0.15, -0.1) is 0 Å². The van der Waals surface area contributed by atoms with E-state index in [4.69, 9.17) is 5.11 Å². The average molecular weight is 224 g/mol. The zero-order chi connectivity index (χ0) is 12.1.